The Morgan fingerprint density at radius 1 is 1.00 bits per heavy atom. The van der Waals surface area contributed by atoms with Gasteiger partial charge in [0, 0.05) is 11.5 Å². The summed E-state index contributed by atoms with van der Waals surface area (Å²) in [6.07, 6.45) is 11.4. The highest BCUT2D eigenvalue weighted by atomic mass is 16.5. The van der Waals surface area contributed by atoms with Crippen molar-refractivity contribution in [1.82, 2.24) is 0 Å². The van der Waals surface area contributed by atoms with Crippen molar-refractivity contribution in [2.75, 3.05) is 14.2 Å². The Morgan fingerprint density at radius 3 is 2.07 bits per heavy atom. The monoisotopic (exact) mass is 398 g/mol. The average molecular weight is 399 g/mol. The number of rotatable bonds is 9. The fourth-order valence-electron chi connectivity index (χ4n) is 5.78. The molecule has 0 aliphatic heterocycles. The van der Waals surface area contributed by atoms with E-state index >= 15 is 0 Å². The Labute approximate surface area is 179 Å². The standard InChI is InChI=1S/C27H42O2/c1-9-10-11-12-14-25(2,3)20-17-22(28-7)24(23(18-20)29-8)21-16-19-13-15-27(21,6)26(19,4)5/h16-18,21H,9-15H2,1-8H3/t21-,27+/m0/s1. The summed E-state index contributed by atoms with van der Waals surface area (Å²) in [5.74, 6) is 2.34. The lowest BCUT2D eigenvalue weighted by atomic mass is 9.63. The van der Waals surface area contributed by atoms with Crippen LogP contribution >= 0.6 is 0 Å². The molecule has 0 saturated heterocycles. The van der Waals surface area contributed by atoms with Crippen LogP contribution in [0.4, 0.5) is 0 Å². The maximum atomic E-state index is 5.99. The molecule has 1 aromatic rings. The first-order valence-electron chi connectivity index (χ1n) is 11.6. The molecule has 0 spiro atoms. The van der Waals surface area contributed by atoms with Crippen LogP contribution in [0, 0.1) is 10.8 Å². The van der Waals surface area contributed by atoms with Crippen LogP contribution < -0.4 is 9.47 Å². The number of unbranched alkanes of at least 4 members (excludes halogenated alkanes) is 3. The number of allylic oxidation sites excluding steroid dienone is 2. The molecule has 2 atom stereocenters. The van der Waals surface area contributed by atoms with Gasteiger partial charge in [0.15, 0.2) is 0 Å². The van der Waals surface area contributed by atoms with Gasteiger partial charge in [-0.1, -0.05) is 78.9 Å². The maximum absolute atomic E-state index is 5.99. The summed E-state index contributed by atoms with van der Waals surface area (Å²) < 4.78 is 12.0. The van der Waals surface area contributed by atoms with Crippen LogP contribution in [0.25, 0.3) is 0 Å². The number of methoxy groups -OCH3 is 2. The molecule has 2 bridgehead atoms. The summed E-state index contributed by atoms with van der Waals surface area (Å²) >= 11 is 0. The summed E-state index contributed by atoms with van der Waals surface area (Å²) in [4.78, 5) is 0. The van der Waals surface area contributed by atoms with Gasteiger partial charge in [-0.05, 0) is 53.2 Å². The quantitative estimate of drug-likeness (QED) is 0.312. The Bertz CT molecular complexity index is 746. The second-order valence-electron chi connectivity index (χ2n) is 10.7. The fourth-order valence-corrected chi connectivity index (χ4v) is 5.78. The third kappa shape index (κ3) is 3.62. The van der Waals surface area contributed by atoms with E-state index in [9.17, 15) is 0 Å². The zero-order chi connectivity index (χ0) is 21.4. The molecule has 2 heteroatoms. The molecule has 2 aliphatic carbocycles. The predicted octanol–water partition coefficient (Wildman–Crippen LogP) is 7.80. The molecular formula is C27H42O2. The molecule has 29 heavy (non-hydrogen) atoms. The Hall–Kier alpha value is -1.44. The molecule has 0 amide bonds. The van der Waals surface area contributed by atoms with Crippen molar-refractivity contribution in [1.29, 1.82) is 0 Å². The highest BCUT2D eigenvalue weighted by molar-refractivity contribution is 5.56. The van der Waals surface area contributed by atoms with Crippen LogP contribution in [-0.2, 0) is 5.41 Å². The number of fused-ring (bicyclic) bond motifs is 2. The molecule has 2 nitrogen and oxygen atoms in total. The smallest absolute Gasteiger partial charge is 0.126 e. The Balaban J connectivity index is 1.99. The molecule has 162 valence electrons. The fraction of sp³-hybridized carbons (Fsp3) is 0.704. The number of hydrogen-bond donors (Lipinski definition) is 0. The van der Waals surface area contributed by atoms with Crippen molar-refractivity contribution in [3.8, 4) is 11.5 Å². The topological polar surface area (TPSA) is 18.5 Å². The van der Waals surface area contributed by atoms with E-state index in [4.69, 9.17) is 9.47 Å². The van der Waals surface area contributed by atoms with E-state index in [-0.39, 0.29) is 16.2 Å². The zero-order valence-electron chi connectivity index (χ0n) is 20.1. The van der Waals surface area contributed by atoms with Crippen LogP contribution in [0.15, 0.2) is 23.8 Å². The van der Waals surface area contributed by atoms with E-state index in [1.54, 1.807) is 5.57 Å². The number of hydrogen-bond acceptors (Lipinski definition) is 2. The van der Waals surface area contributed by atoms with Gasteiger partial charge in [-0.2, -0.15) is 0 Å². The van der Waals surface area contributed by atoms with E-state index in [2.05, 4.69) is 59.8 Å². The second kappa shape index (κ2) is 8.00. The SMILES string of the molecule is CCCCCCC(C)(C)c1cc(OC)c([C@@H]2C=C3CC[C@@]2(C)C3(C)C)c(OC)c1. The molecule has 0 radical (unpaired) electrons. The first-order chi connectivity index (χ1) is 13.6. The second-order valence-corrected chi connectivity index (χ2v) is 10.7. The van der Waals surface area contributed by atoms with Gasteiger partial charge >= 0.3 is 0 Å². The molecular weight excluding hydrogens is 356 g/mol. The summed E-state index contributed by atoms with van der Waals surface area (Å²) in [6.45, 7) is 14.3. The lowest BCUT2D eigenvalue weighted by Crippen LogP contribution is -2.32. The minimum atomic E-state index is 0.114. The van der Waals surface area contributed by atoms with Crippen LogP contribution in [0.3, 0.4) is 0 Å². The molecule has 1 aromatic carbocycles. The van der Waals surface area contributed by atoms with Gasteiger partial charge < -0.3 is 9.47 Å². The summed E-state index contributed by atoms with van der Waals surface area (Å²) in [7, 11) is 3.62. The molecule has 0 N–H and O–H groups in total. The van der Waals surface area contributed by atoms with Gasteiger partial charge in [0.25, 0.3) is 0 Å². The predicted molar refractivity (Wildman–Crippen MR) is 123 cm³/mol. The van der Waals surface area contributed by atoms with Crippen LogP contribution in [0.2, 0.25) is 0 Å². The van der Waals surface area contributed by atoms with Gasteiger partial charge in [0.1, 0.15) is 11.5 Å². The molecule has 0 unspecified atom stereocenters. The van der Waals surface area contributed by atoms with Crippen molar-refractivity contribution in [2.45, 2.75) is 97.8 Å². The molecule has 0 heterocycles. The third-order valence-corrected chi connectivity index (χ3v) is 8.49. The van der Waals surface area contributed by atoms with Crippen molar-refractivity contribution < 1.29 is 9.47 Å². The summed E-state index contributed by atoms with van der Waals surface area (Å²) in [6, 6.07) is 4.58. The van der Waals surface area contributed by atoms with Gasteiger partial charge in [-0.3, -0.25) is 0 Å². The highest BCUT2D eigenvalue weighted by Crippen LogP contribution is 2.69. The lowest BCUT2D eigenvalue weighted by molar-refractivity contribution is 0.154. The normalized spacial score (nSPS) is 25.2. The van der Waals surface area contributed by atoms with Crippen LogP contribution in [0.5, 0.6) is 11.5 Å². The number of ether oxygens (including phenoxy) is 2. The van der Waals surface area contributed by atoms with Gasteiger partial charge in [0.2, 0.25) is 0 Å². The first kappa shape index (κ1) is 22.2. The maximum Gasteiger partial charge on any atom is 0.126 e. The van der Waals surface area contributed by atoms with E-state index < -0.39 is 0 Å². The average Bonchev–Trinajstić information content (AvgIpc) is 3.03. The van der Waals surface area contributed by atoms with Crippen molar-refractivity contribution >= 4 is 0 Å². The van der Waals surface area contributed by atoms with Gasteiger partial charge in [-0.25, -0.2) is 0 Å². The summed E-state index contributed by atoms with van der Waals surface area (Å²) in [5, 5.41) is 0. The van der Waals surface area contributed by atoms with Crippen LogP contribution in [0.1, 0.15) is 104 Å². The van der Waals surface area contributed by atoms with E-state index in [1.807, 2.05) is 14.2 Å². The molecule has 3 rings (SSSR count). The number of benzene rings is 1. The van der Waals surface area contributed by atoms with Crippen LogP contribution in [-0.4, -0.2) is 14.2 Å². The minimum absolute atomic E-state index is 0.114. The van der Waals surface area contributed by atoms with Gasteiger partial charge in [-0.15, -0.1) is 0 Å². The zero-order valence-corrected chi connectivity index (χ0v) is 20.1. The van der Waals surface area contributed by atoms with E-state index in [1.165, 1.54) is 56.1 Å². The molecule has 0 aromatic heterocycles. The lowest BCUT2D eigenvalue weighted by Gasteiger charge is -2.40. The summed E-state index contributed by atoms with van der Waals surface area (Å²) in [5.41, 5.74) is 4.75. The Kier molecular flexibility index (Phi) is 6.14. The molecule has 1 saturated carbocycles. The third-order valence-electron chi connectivity index (χ3n) is 8.49. The van der Waals surface area contributed by atoms with Crippen molar-refractivity contribution in [2.24, 2.45) is 10.8 Å². The van der Waals surface area contributed by atoms with Crippen molar-refractivity contribution in [3.63, 3.8) is 0 Å². The molecule has 2 aliphatic rings. The molecule has 1 fully saturated rings. The first-order valence-corrected chi connectivity index (χ1v) is 11.6. The minimum Gasteiger partial charge on any atom is -0.496 e. The van der Waals surface area contributed by atoms with Crippen molar-refractivity contribution in [3.05, 3.63) is 34.9 Å². The van der Waals surface area contributed by atoms with Gasteiger partial charge in [0.05, 0.1) is 14.2 Å². The largest absolute Gasteiger partial charge is 0.496 e. The highest BCUT2D eigenvalue weighted by Gasteiger charge is 2.58. The van der Waals surface area contributed by atoms with E-state index in [0.29, 0.717) is 5.92 Å². The van der Waals surface area contributed by atoms with E-state index in [0.717, 1.165) is 11.5 Å². The Morgan fingerprint density at radius 2 is 1.62 bits per heavy atom.